The summed E-state index contributed by atoms with van der Waals surface area (Å²) in [4.78, 5) is 2.53. The minimum absolute atomic E-state index is 0.709. The minimum atomic E-state index is 0.709. The van der Waals surface area contributed by atoms with Gasteiger partial charge in [-0.05, 0) is 26.3 Å². The molecule has 0 aliphatic carbocycles. The fourth-order valence-corrected chi connectivity index (χ4v) is 1.51. The summed E-state index contributed by atoms with van der Waals surface area (Å²) < 4.78 is 0. The fraction of sp³-hybridized carbons (Fsp3) is 1.00. The molecule has 0 aromatic heterocycles. The molecule has 11 heavy (non-hydrogen) atoms. The first-order valence-electron chi connectivity index (χ1n) is 4.68. The third kappa shape index (κ3) is 2.46. The van der Waals surface area contributed by atoms with E-state index in [0.29, 0.717) is 6.04 Å². The maximum atomic E-state index is 3.30. The second-order valence-corrected chi connectivity index (χ2v) is 3.71. The van der Waals surface area contributed by atoms with E-state index in [4.69, 9.17) is 0 Å². The summed E-state index contributed by atoms with van der Waals surface area (Å²) >= 11 is 0. The zero-order chi connectivity index (χ0) is 8.27. The second kappa shape index (κ2) is 4.07. The lowest BCUT2D eigenvalue weighted by Crippen LogP contribution is -2.49. The molecule has 1 heterocycles. The van der Waals surface area contributed by atoms with Gasteiger partial charge in [0, 0.05) is 25.7 Å². The van der Waals surface area contributed by atoms with Crippen molar-refractivity contribution >= 4 is 0 Å². The van der Waals surface area contributed by atoms with Crippen molar-refractivity contribution in [3.8, 4) is 0 Å². The van der Waals surface area contributed by atoms with Crippen LogP contribution >= 0.6 is 0 Å². The highest BCUT2D eigenvalue weighted by Gasteiger charge is 2.20. The lowest BCUT2D eigenvalue weighted by atomic mass is 10.0. The Bertz CT molecular complexity index is 108. The van der Waals surface area contributed by atoms with E-state index in [1.54, 1.807) is 0 Å². The number of hydrogen-bond acceptors (Lipinski definition) is 2. The molecule has 1 aliphatic heterocycles. The Balaban J connectivity index is 2.19. The standard InChI is InChI=1S/C9H20N2/c1-4-11(8(2)3)7-9-5-10-6-9/h8-10H,4-7H2,1-3H3. The summed E-state index contributed by atoms with van der Waals surface area (Å²) in [6.07, 6.45) is 0. The molecule has 0 atom stereocenters. The van der Waals surface area contributed by atoms with Crippen molar-refractivity contribution in [2.24, 2.45) is 5.92 Å². The van der Waals surface area contributed by atoms with Gasteiger partial charge in [0.05, 0.1) is 0 Å². The molecule has 66 valence electrons. The second-order valence-electron chi connectivity index (χ2n) is 3.71. The van der Waals surface area contributed by atoms with Crippen LogP contribution in [0.1, 0.15) is 20.8 Å². The maximum Gasteiger partial charge on any atom is 0.00386 e. The SMILES string of the molecule is CCN(CC1CNC1)C(C)C. The Morgan fingerprint density at radius 1 is 1.45 bits per heavy atom. The summed E-state index contributed by atoms with van der Waals surface area (Å²) in [7, 11) is 0. The number of hydrogen-bond donors (Lipinski definition) is 1. The maximum absolute atomic E-state index is 3.30. The van der Waals surface area contributed by atoms with E-state index in [1.807, 2.05) is 0 Å². The Labute approximate surface area is 70.0 Å². The van der Waals surface area contributed by atoms with Gasteiger partial charge in [-0.1, -0.05) is 6.92 Å². The smallest absolute Gasteiger partial charge is 0.00386 e. The van der Waals surface area contributed by atoms with Crippen molar-refractivity contribution < 1.29 is 0 Å². The van der Waals surface area contributed by atoms with Gasteiger partial charge in [-0.3, -0.25) is 0 Å². The van der Waals surface area contributed by atoms with Crippen LogP contribution in [0.15, 0.2) is 0 Å². The van der Waals surface area contributed by atoms with Crippen LogP contribution in [-0.2, 0) is 0 Å². The predicted octanol–water partition coefficient (Wildman–Crippen LogP) is 0.936. The minimum Gasteiger partial charge on any atom is -0.316 e. The van der Waals surface area contributed by atoms with Crippen LogP contribution in [0.2, 0.25) is 0 Å². The number of rotatable bonds is 4. The van der Waals surface area contributed by atoms with E-state index in [-0.39, 0.29) is 0 Å². The van der Waals surface area contributed by atoms with Gasteiger partial charge in [0.2, 0.25) is 0 Å². The summed E-state index contributed by atoms with van der Waals surface area (Å²) in [5.74, 6) is 0.914. The Morgan fingerprint density at radius 3 is 2.36 bits per heavy atom. The molecule has 0 bridgehead atoms. The van der Waals surface area contributed by atoms with Gasteiger partial charge in [0.1, 0.15) is 0 Å². The molecule has 0 unspecified atom stereocenters. The van der Waals surface area contributed by atoms with Gasteiger partial charge < -0.3 is 10.2 Å². The van der Waals surface area contributed by atoms with Crippen LogP contribution in [0.4, 0.5) is 0 Å². The molecule has 2 heteroatoms. The third-order valence-electron chi connectivity index (χ3n) is 2.50. The lowest BCUT2D eigenvalue weighted by Gasteiger charge is -2.34. The Hall–Kier alpha value is -0.0800. The monoisotopic (exact) mass is 156 g/mol. The molecule has 0 radical (unpaired) electrons. The Morgan fingerprint density at radius 2 is 2.09 bits per heavy atom. The first-order valence-corrected chi connectivity index (χ1v) is 4.68. The normalized spacial score (nSPS) is 19.4. The van der Waals surface area contributed by atoms with Crippen molar-refractivity contribution in [2.45, 2.75) is 26.8 Å². The van der Waals surface area contributed by atoms with Crippen molar-refractivity contribution in [1.82, 2.24) is 10.2 Å². The first-order chi connectivity index (χ1) is 5.24. The number of nitrogens with one attached hydrogen (secondary N) is 1. The summed E-state index contributed by atoms with van der Waals surface area (Å²) in [6, 6.07) is 0.709. The van der Waals surface area contributed by atoms with Crippen LogP contribution in [0.3, 0.4) is 0 Å². The molecule has 1 fully saturated rings. The van der Waals surface area contributed by atoms with Gasteiger partial charge in [-0.25, -0.2) is 0 Å². The van der Waals surface area contributed by atoms with E-state index in [9.17, 15) is 0 Å². The molecular weight excluding hydrogens is 136 g/mol. The summed E-state index contributed by atoms with van der Waals surface area (Å²) in [6.45, 7) is 11.7. The molecule has 2 nitrogen and oxygen atoms in total. The molecule has 0 saturated carbocycles. The highest BCUT2D eigenvalue weighted by molar-refractivity contribution is 4.78. The van der Waals surface area contributed by atoms with Crippen molar-refractivity contribution in [3.05, 3.63) is 0 Å². The first kappa shape index (κ1) is 9.01. The van der Waals surface area contributed by atoms with E-state index in [0.717, 1.165) is 5.92 Å². The van der Waals surface area contributed by atoms with Crippen LogP contribution in [0, 0.1) is 5.92 Å². The summed E-state index contributed by atoms with van der Waals surface area (Å²) in [5, 5.41) is 3.30. The van der Waals surface area contributed by atoms with E-state index >= 15 is 0 Å². The quantitative estimate of drug-likeness (QED) is 0.651. The number of nitrogens with zero attached hydrogens (tertiary/aromatic N) is 1. The van der Waals surface area contributed by atoms with Gasteiger partial charge in [0.15, 0.2) is 0 Å². The van der Waals surface area contributed by atoms with E-state index in [2.05, 4.69) is 31.0 Å². The van der Waals surface area contributed by atoms with Crippen LogP contribution in [0.25, 0.3) is 0 Å². The van der Waals surface area contributed by atoms with Gasteiger partial charge in [0.25, 0.3) is 0 Å². The van der Waals surface area contributed by atoms with Crippen molar-refractivity contribution in [3.63, 3.8) is 0 Å². The van der Waals surface area contributed by atoms with Gasteiger partial charge >= 0.3 is 0 Å². The molecular formula is C9H20N2. The van der Waals surface area contributed by atoms with E-state index in [1.165, 1.54) is 26.2 Å². The average molecular weight is 156 g/mol. The van der Waals surface area contributed by atoms with Crippen molar-refractivity contribution in [1.29, 1.82) is 0 Å². The molecule has 1 rings (SSSR count). The highest BCUT2D eigenvalue weighted by Crippen LogP contribution is 2.08. The molecule has 0 aromatic carbocycles. The van der Waals surface area contributed by atoms with Crippen LogP contribution < -0.4 is 5.32 Å². The highest BCUT2D eigenvalue weighted by atomic mass is 15.2. The molecule has 0 spiro atoms. The third-order valence-corrected chi connectivity index (χ3v) is 2.50. The molecule has 0 aromatic rings. The topological polar surface area (TPSA) is 15.3 Å². The van der Waals surface area contributed by atoms with Crippen molar-refractivity contribution in [2.75, 3.05) is 26.2 Å². The van der Waals surface area contributed by atoms with E-state index < -0.39 is 0 Å². The van der Waals surface area contributed by atoms with Gasteiger partial charge in [-0.2, -0.15) is 0 Å². The molecule has 1 aliphatic rings. The molecule has 1 N–H and O–H groups in total. The molecule has 1 saturated heterocycles. The van der Waals surface area contributed by atoms with Gasteiger partial charge in [-0.15, -0.1) is 0 Å². The van der Waals surface area contributed by atoms with Crippen LogP contribution in [-0.4, -0.2) is 37.1 Å². The fourth-order valence-electron chi connectivity index (χ4n) is 1.51. The lowest BCUT2D eigenvalue weighted by molar-refractivity contribution is 0.167. The summed E-state index contributed by atoms with van der Waals surface area (Å²) in [5.41, 5.74) is 0. The average Bonchev–Trinajstić information content (AvgIpc) is 1.85. The zero-order valence-electron chi connectivity index (χ0n) is 7.93. The van der Waals surface area contributed by atoms with Crippen LogP contribution in [0.5, 0.6) is 0 Å². The molecule has 0 amide bonds. The predicted molar refractivity (Wildman–Crippen MR) is 48.7 cm³/mol. The largest absolute Gasteiger partial charge is 0.316 e. The zero-order valence-corrected chi connectivity index (χ0v) is 7.93. The Kier molecular flexibility index (Phi) is 3.34.